The van der Waals surface area contributed by atoms with E-state index in [4.69, 9.17) is 21.1 Å². The number of rotatable bonds is 9. The van der Waals surface area contributed by atoms with Crippen molar-refractivity contribution >= 4 is 24.0 Å². The van der Waals surface area contributed by atoms with Gasteiger partial charge < -0.3 is 14.8 Å². The van der Waals surface area contributed by atoms with Crippen LogP contribution >= 0.6 is 24.0 Å². The molecular formula is C17H20Cl2FNO2. The lowest BCUT2D eigenvalue weighted by molar-refractivity contribution is 0.294. The van der Waals surface area contributed by atoms with Crippen molar-refractivity contribution in [2.75, 3.05) is 26.3 Å². The van der Waals surface area contributed by atoms with Gasteiger partial charge in [0.25, 0.3) is 0 Å². The first-order valence-electron chi connectivity index (χ1n) is 7.21. The molecule has 2 rings (SSSR count). The van der Waals surface area contributed by atoms with Crippen molar-refractivity contribution in [3.8, 4) is 11.5 Å². The molecule has 126 valence electrons. The quantitative estimate of drug-likeness (QED) is 0.675. The smallest absolute Gasteiger partial charge is 0.123 e. The van der Waals surface area contributed by atoms with Crippen LogP contribution in [0.1, 0.15) is 6.42 Å². The van der Waals surface area contributed by atoms with E-state index in [0.717, 1.165) is 25.3 Å². The van der Waals surface area contributed by atoms with Crippen LogP contribution in [0, 0.1) is 5.82 Å². The van der Waals surface area contributed by atoms with Gasteiger partial charge in [-0.05, 0) is 61.5 Å². The van der Waals surface area contributed by atoms with Crippen LogP contribution in [-0.4, -0.2) is 26.3 Å². The van der Waals surface area contributed by atoms with Gasteiger partial charge in [-0.2, -0.15) is 0 Å². The Hall–Kier alpha value is -1.49. The number of benzene rings is 2. The maximum absolute atomic E-state index is 12.7. The molecule has 1 N–H and O–H groups in total. The van der Waals surface area contributed by atoms with E-state index in [2.05, 4.69) is 5.32 Å². The summed E-state index contributed by atoms with van der Waals surface area (Å²) in [5, 5.41) is 3.97. The molecule has 0 radical (unpaired) electrons. The summed E-state index contributed by atoms with van der Waals surface area (Å²) in [6.45, 7) is 2.79. The zero-order valence-electron chi connectivity index (χ0n) is 12.6. The lowest BCUT2D eigenvalue weighted by Crippen LogP contribution is -2.23. The van der Waals surface area contributed by atoms with Crippen molar-refractivity contribution < 1.29 is 13.9 Å². The Morgan fingerprint density at radius 1 is 0.826 bits per heavy atom. The van der Waals surface area contributed by atoms with Gasteiger partial charge in [0.2, 0.25) is 0 Å². The van der Waals surface area contributed by atoms with E-state index in [9.17, 15) is 4.39 Å². The predicted molar refractivity (Wildman–Crippen MR) is 93.6 cm³/mol. The highest BCUT2D eigenvalue weighted by molar-refractivity contribution is 6.30. The van der Waals surface area contributed by atoms with Crippen molar-refractivity contribution in [1.29, 1.82) is 0 Å². The molecular weight excluding hydrogens is 340 g/mol. The summed E-state index contributed by atoms with van der Waals surface area (Å²) in [7, 11) is 0. The summed E-state index contributed by atoms with van der Waals surface area (Å²) in [6, 6.07) is 13.3. The standard InChI is InChI=1S/C17H19ClFNO2.ClH/c18-14-2-6-16(7-3-14)22-13-11-20-10-1-12-21-17-8-4-15(19)5-9-17;/h2-9,20H,1,10-13H2;1H. The lowest BCUT2D eigenvalue weighted by atomic mass is 10.3. The number of hydrogen-bond donors (Lipinski definition) is 1. The lowest BCUT2D eigenvalue weighted by Gasteiger charge is -2.08. The van der Waals surface area contributed by atoms with Crippen LogP contribution in [-0.2, 0) is 0 Å². The molecule has 0 atom stereocenters. The van der Waals surface area contributed by atoms with Crippen LogP contribution in [0.15, 0.2) is 48.5 Å². The van der Waals surface area contributed by atoms with E-state index in [1.807, 2.05) is 12.1 Å². The van der Waals surface area contributed by atoms with Crippen LogP contribution in [0.25, 0.3) is 0 Å². The molecule has 0 aromatic heterocycles. The Balaban J connectivity index is 0.00000264. The topological polar surface area (TPSA) is 30.5 Å². The molecule has 0 aliphatic rings. The van der Waals surface area contributed by atoms with Crippen LogP contribution in [0.2, 0.25) is 5.02 Å². The molecule has 2 aromatic rings. The average Bonchev–Trinajstić information content (AvgIpc) is 2.53. The second-order valence-electron chi connectivity index (χ2n) is 4.71. The Labute approximate surface area is 147 Å². The predicted octanol–water partition coefficient (Wildman–Crippen LogP) is 4.34. The summed E-state index contributed by atoms with van der Waals surface area (Å²) in [5.41, 5.74) is 0. The zero-order valence-corrected chi connectivity index (χ0v) is 14.2. The van der Waals surface area contributed by atoms with Crippen LogP contribution in [0.3, 0.4) is 0 Å². The van der Waals surface area contributed by atoms with Gasteiger partial charge in [0.05, 0.1) is 6.61 Å². The molecule has 0 aliphatic carbocycles. The van der Waals surface area contributed by atoms with Crippen molar-refractivity contribution in [1.82, 2.24) is 5.32 Å². The van der Waals surface area contributed by atoms with E-state index in [-0.39, 0.29) is 18.2 Å². The van der Waals surface area contributed by atoms with Gasteiger partial charge in [-0.1, -0.05) is 11.6 Å². The van der Waals surface area contributed by atoms with E-state index in [1.54, 1.807) is 24.3 Å². The fourth-order valence-electron chi connectivity index (χ4n) is 1.81. The van der Waals surface area contributed by atoms with Gasteiger partial charge in [0.1, 0.15) is 23.9 Å². The molecule has 3 nitrogen and oxygen atoms in total. The highest BCUT2D eigenvalue weighted by Crippen LogP contribution is 2.15. The van der Waals surface area contributed by atoms with Crippen molar-refractivity contribution in [2.45, 2.75) is 6.42 Å². The van der Waals surface area contributed by atoms with Crippen molar-refractivity contribution in [2.24, 2.45) is 0 Å². The van der Waals surface area contributed by atoms with Crippen LogP contribution in [0.5, 0.6) is 11.5 Å². The normalized spacial score (nSPS) is 10.0. The molecule has 0 aliphatic heterocycles. The minimum absolute atomic E-state index is 0. The molecule has 23 heavy (non-hydrogen) atoms. The van der Waals surface area contributed by atoms with Gasteiger partial charge >= 0.3 is 0 Å². The molecule has 0 unspecified atom stereocenters. The zero-order chi connectivity index (χ0) is 15.6. The molecule has 0 fully saturated rings. The number of nitrogens with one attached hydrogen (secondary N) is 1. The highest BCUT2D eigenvalue weighted by Gasteiger charge is 1.96. The van der Waals surface area contributed by atoms with Gasteiger partial charge in [0.15, 0.2) is 0 Å². The highest BCUT2D eigenvalue weighted by atomic mass is 35.5. The molecule has 0 bridgehead atoms. The second-order valence-corrected chi connectivity index (χ2v) is 5.14. The number of hydrogen-bond acceptors (Lipinski definition) is 3. The maximum Gasteiger partial charge on any atom is 0.123 e. The molecule has 0 spiro atoms. The first-order chi connectivity index (χ1) is 10.7. The molecule has 0 saturated carbocycles. The Morgan fingerprint density at radius 3 is 2.04 bits per heavy atom. The number of halogens is 3. The first-order valence-corrected chi connectivity index (χ1v) is 7.59. The van der Waals surface area contributed by atoms with Crippen LogP contribution < -0.4 is 14.8 Å². The summed E-state index contributed by atoms with van der Waals surface area (Å²) < 4.78 is 23.8. The summed E-state index contributed by atoms with van der Waals surface area (Å²) >= 11 is 5.80. The SMILES string of the molecule is Cl.Fc1ccc(OCCCNCCOc2ccc(Cl)cc2)cc1. The van der Waals surface area contributed by atoms with Crippen molar-refractivity contribution in [3.63, 3.8) is 0 Å². The summed E-state index contributed by atoms with van der Waals surface area (Å²) in [6.07, 6.45) is 0.873. The third-order valence-corrected chi connectivity index (χ3v) is 3.19. The van der Waals surface area contributed by atoms with Gasteiger partial charge in [-0.3, -0.25) is 0 Å². The van der Waals surface area contributed by atoms with Gasteiger partial charge in [0, 0.05) is 11.6 Å². The molecule has 2 aromatic carbocycles. The van der Waals surface area contributed by atoms with Crippen molar-refractivity contribution in [3.05, 3.63) is 59.4 Å². The fraction of sp³-hybridized carbons (Fsp3) is 0.294. The van der Waals surface area contributed by atoms with Gasteiger partial charge in [-0.25, -0.2) is 4.39 Å². The Bertz CT molecular complexity index is 498. The molecule has 0 heterocycles. The Morgan fingerprint density at radius 2 is 1.39 bits per heavy atom. The van der Waals surface area contributed by atoms with Gasteiger partial charge in [-0.15, -0.1) is 12.4 Å². The average molecular weight is 360 g/mol. The molecule has 6 heteroatoms. The van der Waals surface area contributed by atoms with E-state index in [1.165, 1.54) is 12.1 Å². The summed E-state index contributed by atoms with van der Waals surface area (Å²) in [5.74, 6) is 1.24. The number of ether oxygens (including phenoxy) is 2. The monoisotopic (exact) mass is 359 g/mol. The second kappa shape index (κ2) is 11.1. The largest absolute Gasteiger partial charge is 0.494 e. The van der Waals surface area contributed by atoms with Crippen LogP contribution in [0.4, 0.5) is 4.39 Å². The molecule has 0 amide bonds. The third-order valence-electron chi connectivity index (χ3n) is 2.94. The van der Waals surface area contributed by atoms with E-state index < -0.39 is 0 Å². The molecule has 0 saturated heterocycles. The third kappa shape index (κ3) is 8.07. The fourth-order valence-corrected chi connectivity index (χ4v) is 1.94. The minimum atomic E-state index is -0.255. The Kier molecular flexibility index (Phi) is 9.45. The van der Waals surface area contributed by atoms with E-state index in [0.29, 0.717) is 24.0 Å². The first kappa shape index (κ1) is 19.6. The summed E-state index contributed by atoms with van der Waals surface area (Å²) in [4.78, 5) is 0. The minimum Gasteiger partial charge on any atom is -0.494 e. The maximum atomic E-state index is 12.7. The van der Waals surface area contributed by atoms with E-state index >= 15 is 0 Å².